The molecular weight excluding hydrogens is 322 g/mol. The largest absolute Gasteiger partial charge is 0.377 e. The van der Waals surface area contributed by atoms with Crippen molar-refractivity contribution >= 4 is 5.91 Å². The van der Waals surface area contributed by atoms with Gasteiger partial charge in [-0.1, -0.05) is 0 Å². The van der Waals surface area contributed by atoms with Gasteiger partial charge in [-0.05, 0) is 18.9 Å². The maximum atomic E-state index is 12.7. The number of aromatic nitrogens is 4. The fraction of sp³-hybridized carbons (Fsp3) is 0.529. The van der Waals surface area contributed by atoms with Crippen molar-refractivity contribution in [2.24, 2.45) is 0 Å². The molecule has 132 valence electrons. The molecule has 0 aliphatic carbocycles. The molecular formula is C17H21N5O3. The molecule has 1 spiro atoms. The number of hydrogen-bond acceptors (Lipinski definition) is 6. The van der Waals surface area contributed by atoms with Gasteiger partial charge in [0.2, 0.25) is 0 Å². The smallest absolute Gasteiger partial charge is 0.274 e. The van der Waals surface area contributed by atoms with Crippen molar-refractivity contribution in [2.75, 3.05) is 26.3 Å². The van der Waals surface area contributed by atoms with Crippen LogP contribution >= 0.6 is 0 Å². The number of carbonyl (C=O) groups is 1. The van der Waals surface area contributed by atoms with E-state index in [2.05, 4.69) is 15.1 Å². The molecule has 2 atom stereocenters. The maximum absolute atomic E-state index is 12.7. The summed E-state index contributed by atoms with van der Waals surface area (Å²) in [6.45, 7) is 2.77. The molecule has 2 aromatic heterocycles. The van der Waals surface area contributed by atoms with Gasteiger partial charge in [-0.25, -0.2) is 4.98 Å². The Morgan fingerprint density at radius 1 is 1.36 bits per heavy atom. The van der Waals surface area contributed by atoms with Crippen LogP contribution in [0.3, 0.4) is 0 Å². The summed E-state index contributed by atoms with van der Waals surface area (Å²) < 4.78 is 14.0. The summed E-state index contributed by atoms with van der Waals surface area (Å²) >= 11 is 0. The molecule has 8 nitrogen and oxygen atoms in total. The minimum absolute atomic E-state index is 0.0788. The quantitative estimate of drug-likeness (QED) is 0.818. The first-order chi connectivity index (χ1) is 12.2. The van der Waals surface area contributed by atoms with Crippen molar-refractivity contribution in [3.8, 4) is 0 Å². The third kappa shape index (κ3) is 3.54. The van der Waals surface area contributed by atoms with Crippen LogP contribution in [0.2, 0.25) is 0 Å². The Bertz CT molecular complexity index is 708. The summed E-state index contributed by atoms with van der Waals surface area (Å²) in [6.07, 6.45) is 10.2. The Balaban J connectivity index is 1.46. The van der Waals surface area contributed by atoms with E-state index in [0.717, 1.165) is 12.8 Å². The number of carbonyl (C=O) groups excluding carboxylic acids is 1. The first-order valence-electron chi connectivity index (χ1n) is 8.52. The number of rotatable bonds is 3. The van der Waals surface area contributed by atoms with E-state index < -0.39 is 5.60 Å². The van der Waals surface area contributed by atoms with E-state index in [1.807, 2.05) is 16.9 Å². The maximum Gasteiger partial charge on any atom is 0.274 e. The molecule has 0 saturated carbocycles. The summed E-state index contributed by atoms with van der Waals surface area (Å²) in [5, 5.41) is 4.24. The first kappa shape index (κ1) is 16.2. The highest BCUT2D eigenvalue weighted by Crippen LogP contribution is 2.34. The van der Waals surface area contributed by atoms with Gasteiger partial charge in [0.15, 0.2) is 0 Å². The minimum atomic E-state index is -0.452. The third-order valence-electron chi connectivity index (χ3n) is 4.71. The molecule has 0 bridgehead atoms. The summed E-state index contributed by atoms with van der Waals surface area (Å²) in [5.41, 5.74) is -0.0998. The molecule has 0 aromatic carbocycles. The third-order valence-corrected chi connectivity index (χ3v) is 4.71. The van der Waals surface area contributed by atoms with Gasteiger partial charge in [0.05, 0.1) is 38.6 Å². The van der Waals surface area contributed by atoms with Crippen LogP contribution in [0.1, 0.15) is 23.3 Å². The van der Waals surface area contributed by atoms with E-state index in [1.54, 1.807) is 17.3 Å². The number of amides is 1. The molecule has 2 saturated heterocycles. The highest BCUT2D eigenvalue weighted by molar-refractivity contribution is 5.92. The van der Waals surface area contributed by atoms with Gasteiger partial charge in [-0.15, -0.1) is 0 Å². The van der Waals surface area contributed by atoms with Crippen LogP contribution in [-0.2, 0) is 16.0 Å². The molecule has 2 aliphatic heterocycles. The van der Waals surface area contributed by atoms with Crippen LogP contribution in [0.15, 0.2) is 37.1 Å². The number of hydrogen-bond donors (Lipinski definition) is 0. The van der Waals surface area contributed by atoms with Crippen molar-refractivity contribution in [3.05, 3.63) is 42.7 Å². The Kier molecular flexibility index (Phi) is 4.46. The fourth-order valence-electron chi connectivity index (χ4n) is 3.51. The van der Waals surface area contributed by atoms with Gasteiger partial charge in [0.1, 0.15) is 11.3 Å². The SMILES string of the molecule is O=C(c1cnccn1)N1CCOC[C@@]2(CC[C@@H](Cn3cccn3)O2)C1. The summed E-state index contributed by atoms with van der Waals surface area (Å²) in [6, 6.07) is 1.90. The normalized spacial score (nSPS) is 26.7. The van der Waals surface area contributed by atoms with Gasteiger partial charge < -0.3 is 14.4 Å². The highest BCUT2D eigenvalue weighted by atomic mass is 16.6. The van der Waals surface area contributed by atoms with E-state index >= 15 is 0 Å². The Morgan fingerprint density at radius 2 is 2.32 bits per heavy atom. The summed E-state index contributed by atoms with van der Waals surface area (Å²) in [4.78, 5) is 22.6. The monoisotopic (exact) mass is 343 g/mol. The fourth-order valence-corrected chi connectivity index (χ4v) is 3.51. The summed E-state index contributed by atoms with van der Waals surface area (Å²) in [5.74, 6) is -0.128. The minimum Gasteiger partial charge on any atom is -0.377 e. The van der Waals surface area contributed by atoms with E-state index in [9.17, 15) is 4.79 Å². The van der Waals surface area contributed by atoms with E-state index in [0.29, 0.717) is 38.5 Å². The topological polar surface area (TPSA) is 82.4 Å². The highest BCUT2D eigenvalue weighted by Gasteiger charge is 2.44. The van der Waals surface area contributed by atoms with E-state index in [4.69, 9.17) is 9.47 Å². The average molecular weight is 343 g/mol. The van der Waals surface area contributed by atoms with Gasteiger partial charge >= 0.3 is 0 Å². The number of nitrogens with zero attached hydrogens (tertiary/aromatic N) is 5. The molecule has 2 aliphatic rings. The lowest BCUT2D eigenvalue weighted by Crippen LogP contribution is -2.47. The Hall–Kier alpha value is -2.32. The van der Waals surface area contributed by atoms with E-state index in [-0.39, 0.29) is 12.0 Å². The molecule has 1 amide bonds. The van der Waals surface area contributed by atoms with Crippen molar-refractivity contribution in [3.63, 3.8) is 0 Å². The molecule has 25 heavy (non-hydrogen) atoms. The zero-order valence-corrected chi connectivity index (χ0v) is 14.0. The van der Waals surface area contributed by atoms with Crippen LogP contribution < -0.4 is 0 Å². The first-order valence-corrected chi connectivity index (χ1v) is 8.52. The van der Waals surface area contributed by atoms with Gasteiger partial charge in [-0.3, -0.25) is 14.5 Å². The zero-order chi connectivity index (χ0) is 17.1. The second-order valence-corrected chi connectivity index (χ2v) is 6.56. The summed E-state index contributed by atoms with van der Waals surface area (Å²) in [7, 11) is 0. The lowest BCUT2D eigenvalue weighted by atomic mass is 10.00. The molecule has 4 heterocycles. The predicted octanol–water partition coefficient (Wildman–Crippen LogP) is 0.763. The standard InChI is InChI=1S/C17H21N5O3/c23-16(15-10-18-5-6-19-15)21-8-9-24-13-17(12-21)3-2-14(25-17)11-22-7-1-4-20-22/h1,4-7,10,14H,2-3,8-9,11-13H2/t14-,17+/m0/s1. The molecule has 0 N–H and O–H groups in total. The van der Waals surface area contributed by atoms with Crippen LogP contribution in [0.4, 0.5) is 0 Å². The van der Waals surface area contributed by atoms with Crippen LogP contribution in [-0.4, -0.2) is 68.6 Å². The van der Waals surface area contributed by atoms with E-state index in [1.165, 1.54) is 12.4 Å². The van der Waals surface area contributed by atoms with Gasteiger partial charge in [0, 0.05) is 31.3 Å². The van der Waals surface area contributed by atoms with Crippen molar-refractivity contribution in [2.45, 2.75) is 31.1 Å². The molecule has 0 radical (unpaired) electrons. The Morgan fingerprint density at radius 3 is 3.12 bits per heavy atom. The Labute approximate surface area is 145 Å². The average Bonchev–Trinajstić information content (AvgIpc) is 3.23. The molecule has 4 rings (SSSR count). The van der Waals surface area contributed by atoms with Crippen molar-refractivity contribution in [1.82, 2.24) is 24.6 Å². The van der Waals surface area contributed by atoms with Gasteiger partial charge in [-0.2, -0.15) is 5.10 Å². The van der Waals surface area contributed by atoms with Crippen molar-refractivity contribution in [1.29, 1.82) is 0 Å². The number of ether oxygens (including phenoxy) is 2. The molecule has 0 unspecified atom stereocenters. The molecule has 8 heteroatoms. The van der Waals surface area contributed by atoms with Crippen LogP contribution in [0.5, 0.6) is 0 Å². The lowest BCUT2D eigenvalue weighted by Gasteiger charge is -2.31. The van der Waals surface area contributed by atoms with Crippen LogP contribution in [0.25, 0.3) is 0 Å². The lowest BCUT2D eigenvalue weighted by molar-refractivity contribution is -0.0881. The molecule has 2 fully saturated rings. The second kappa shape index (κ2) is 6.89. The predicted molar refractivity (Wildman–Crippen MR) is 87.8 cm³/mol. The van der Waals surface area contributed by atoms with Crippen molar-refractivity contribution < 1.29 is 14.3 Å². The van der Waals surface area contributed by atoms with Gasteiger partial charge in [0.25, 0.3) is 5.91 Å². The second-order valence-electron chi connectivity index (χ2n) is 6.56. The van der Waals surface area contributed by atoms with Crippen LogP contribution in [0, 0.1) is 0 Å². The molecule has 2 aromatic rings. The zero-order valence-electron chi connectivity index (χ0n) is 14.0.